The van der Waals surface area contributed by atoms with Gasteiger partial charge < -0.3 is 15.0 Å². The number of fused-ring (bicyclic) bond motifs is 1. The molecule has 1 saturated heterocycles. The Morgan fingerprint density at radius 2 is 2.23 bits per heavy atom. The minimum Gasteiger partial charge on any atom is -0.497 e. The van der Waals surface area contributed by atoms with Gasteiger partial charge in [-0.25, -0.2) is 0 Å². The molecule has 0 atom stereocenters. The molecule has 0 unspecified atom stereocenters. The van der Waals surface area contributed by atoms with Crippen LogP contribution in [0.25, 0.3) is 17.0 Å². The zero-order valence-corrected chi connectivity index (χ0v) is 19.3. The number of H-pyrrole nitrogens is 1. The minimum atomic E-state index is -0.134. The number of carbonyl (C=O) groups excluding carboxylic acids is 2. The summed E-state index contributed by atoms with van der Waals surface area (Å²) in [7, 11) is 1.64. The topological polar surface area (TPSA) is 74.4 Å². The van der Waals surface area contributed by atoms with Gasteiger partial charge in [0, 0.05) is 47.6 Å². The van der Waals surface area contributed by atoms with Crippen molar-refractivity contribution >= 4 is 68.4 Å². The summed E-state index contributed by atoms with van der Waals surface area (Å²) in [6.45, 7) is 0.805. The van der Waals surface area contributed by atoms with Crippen molar-refractivity contribution in [1.29, 1.82) is 0 Å². The fourth-order valence-corrected chi connectivity index (χ4v) is 5.36. The van der Waals surface area contributed by atoms with E-state index < -0.39 is 0 Å². The van der Waals surface area contributed by atoms with Crippen LogP contribution in [0.5, 0.6) is 5.75 Å². The maximum atomic E-state index is 12.6. The molecule has 2 N–H and O–H groups in total. The first-order valence-electron chi connectivity index (χ1n) is 9.74. The second-order valence-electron chi connectivity index (χ2n) is 6.92. The van der Waals surface area contributed by atoms with E-state index in [0.29, 0.717) is 22.2 Å². The largest absolute Gasteiger partial charge is 0.497 e. The maximum Gasteiger partial charge on any atom is 0.266 e. The van der Waals surface area contributed by atoms with Gasteiger partial charge in [-0.1, -0.05) is 30.0 Å². The van der Waals surface area contributed by atoms with Crippen molar-refractivity contribution in [3.63, 3.8) is 0 Å². The van der Waals surface area contributed by atoms with Crippen molar-refractivity contribution in [2.24, 2.45) is 0 Å². The quantitative estimate of drug-likeness (QED) is 0.381. The van der Waals surface area contributed by atoms with Crippen molar-refractivity contribution < 1.29 is 14.3 Å². The summed E-state index contributed by atoms with van der Waals surface area (Å²) in [4.78, 5) is 31.2. The van der Waals surface area contributed by atoms with Crippen LogP contribution in [0.15, 0.2) is 46.8 Å². The van der Waals surface area contributed by atoms with Crippen LogP contribution < -0.4 is 10.1 Å². The van der Waals surface area contributed by atoms with Crippen LogP contribution in [0.2, 0.25) is 0 Å². The third-order valence-electron chi connectivity index (χ3n) is 4.94. The summed E-state index contributed by atoms with van der Waals surface area (Å²) in [5.74, 6) is 0.568. The molecule has 1 aliphatic rings. The maximum absolute atomic E-state index is 12.6. The minimum absolute atomic E-state index is 0.0993. The van der Waals surface area contributed by atoms with Crippen molar-refractivity contribution in [2.45, 2.75) is 12.8 Å². The monoisotopic (exact) mass is 471 g/mol. The van der Waals surface area contributed by atoms with Crippen LogP contribution in [0.3, 0.4) is 0 Å². The molecule has 6 nitrogen and oxygen atoms in total. The van der Waals surface area contributed by atoms with Gasteiger partial charge in [0.2, 0.25) is 5.91 Å². The van der Waals surface area contributed by atoms with Crippen LogP contribution >= 0.6 is 35.3 Å². The summed E-state index contributed by atoms with van der Waals surface area (Å²) >= 11 is 8.18. The van der Waals surface area contributed by atoms with E-state index >= 15 is 0 Å². The predicted octanol–water partition coefficient (Wildman–Crippen LogP) is 4.19. The number of thioether (sulfide) groups is 1. The number of amides is 2. The third-order valence-corrected chi connectivity index (χ3v) is 7.14. The molecule has 1 aliphatic heterocycles. The van der Waals surface area contributed by atoms with Gasteiger partial charge in [-0.05, 0) is 41.6 Å². The standard InChI is InChI=1S/C22H21N3O3S3/c1-28-15-4-5-17-14(13-24-18(17)11-15)6-8-23-20(26)7-9-25-21(27)19(31-22(25)29)12-16-3-2-10-30-16/h2-5,10-13,24H,6-9H2,1H3,(H,23,26)/b19-12-. The van der Waals surface area contributed by atoms with E-state index in [9.17, 15) is 9.59 Å². The number of aromatic amines is 1. The smallest absolute Gasteiger partial charge is 0.266 e. The summed E-state index contributed by atoms with van der Waals surface area (Å²) < 4.78 is 5.74. The number of rotatable bonds is 8. The van der Waals surface area contributed by atoms with Crippen molar-refractivity contribution in [2.75, 3.05) is 20.2 Å². The van der Waals surface area contributed by atoms with Gasteiger partial charge in [-0.3, -0.25) is 14.5 Å². The van der Waals surface area contributed by atoms with Crippen LogP contribution in [0.1, 0.15) is 16.9 Å². The SMILES string of the molecule is COc1ccc2c(CCNC(=O)CCN3C(=O)/C(=C/c4cccs4)SC3=S)c[nH]c2c1. The van der Waals surface area contributed by atoms with Crippen molar-refractivity contribution in [1.82, 2.24) is 15.2 Å². The number of ether oxygens (including phenoxy) is 1. The molecule has 9 heteroatoms. The Bertz CT molecular complexity index is 1150. The number of hydrogen-bond acceptors (Lipinski definition) is 6. The molecule has 0 spiro atoms. The van der Waals surface area contributed by atoms with E-state index in [-0.39, 0.29) is 24.8 Å². The van der Waals surface area contributed by atoms with Gasteiger partial charge in [0.1, 0.15) is 10.1 Å². The Morgan fingerprint density at radius 1 is 1.35 bits per heavy atom. The van der Waals surface area contributed by atoms with Crippen LogP contribution in [0, 0.1) is 0 Å². The first kappa shape index (κ1) is 21.6. The van der Waals surface area contributed by atoms with Crippen LogP contribution in [-0.2, 0) is 16.0 Å². The zero-order chi connectivity index (χ0) is 21.8. The lowest BCUT2D eigenvalue weighted by atomic mass is 10.1. The van der Waals surface area contributed by atoms with Gasteiger partial charge in [0.05, 0.1) is 12.0 Å². The molecule has 1 fully saturated rings. The lowest BCUT2D eigenvalue weighted by Crippen LogP contribution is -2.34. The van der Waals surface area contributed by atoms with Gasteiger partial charge in [0.15, 0.2) is 0 Å². The predicted molar refractivity (Wildman–Crippen MR) is 130 cm³/mol. The molecule has 160 valence electrons. The Kier molecular flexibility index (Phi) is 6.74. The second kappa shape index (κ2) is 9.67. The van der Waals surface area contributed by atoms with E-state index in [1.165, 1.54) is 16.7 Å². The zero-order valence-electron chi connectivity index (χ0n) is 16.8. The van der Waals surface area contributed by atoms with E-state index in [1.807, 2.05) is 48.0 Å². The molecular weight excluding hydrogens is 450 g/mol. The van der Waals surface area contributed by atoms with Gasteiger partial charge >= 0.3 is 0 Å². The summed E-state index contributed by atoms with van der Waals surface area (Å²) in [5, 5.41) is 6.01. The Hall–Kier alpha value is -2.62. The first-order valence-corrected chi connectivity index (χ1v) is 11.8. The Morgan fingerprint density at radius 3 is 3.00 bits per heavy atom. The fourth-order valence-electron chi connectivity index (χ4n) is 3.33. The number of hydrogen-bond donors (Lipinski definition) is 2. The molecule has 3 heterocycles. The molecular formula is C22H21N3O3S3. The highest BCUT2D eigenvalue weighted by molar-refractivity contribution is 8.26. The highest BCUT2D eigenvalue weighted by Crippen LogP contribution is 2.33. The average Bonchev–Trinajstić information content (AvgIpc) is 3.48. The summed E-state index contributed by atoms with van der Waals surface area (Å²) in [6.07, 6.45) is 4.73. The molecule has 2 aromatic heterocycles. The van der Waals surface area contributed by atoms with Gasteiger partial charge in [-0.15, -0.1) is 11.3 Å². The molecule has 0 radical (unpaired) electrons. The van der Waals surface area contributed by atoms with E-state index in [2.05, 4.69) is 10.3 Å². The lowest BCUT2D eigenvalue weighted by Gasteiger charge is -2.14. The normalized spacial score (nSPS) is 15.3. The number of nitrogens with zero attached hydrogens (tertiary/aromatic N) is 1. The third kappa shape index (κ3) is 5.00. The molecule has 0 bridgehead atoms. The van der Waals surface area contributed by atoms with Gasteiger partial charge in [0.25, 0.3) is 5.91 Å². The average molecular weight is 472 g/mol. The molecule has 4 rings (SSSR count). The van der Waals surface area contributed by atoms with Crippen LogP contribution in [0.4, 0.5) is 0 Å². The highest BCUT2D eigenvalue weighted by Gasteiger charge is 2.32. The molecule has 0 aliphatic carbocycles. The van der Waals surface area contributed by atoms with Crippen LogP contribution in [-0.4, -0.2) is 46.2 Å². The lowest BCUT2D eigenvalue weighted by molar-refractivity contribution is -0.123. The van der Waals surface area contributed by atoms with Crippen molar-refractivity contribution in [3.05, 3.63) is 57.3 Å². The number of aromatic nitrogens is 1. The summed E-state index contributed by atoms with van der Waals surface area (Å²) in [5.41, 5.74) is 2.14. The Balaban J connectivity index is 1.26. The molecule has 31 heavy (non-hydrogen) atoms. The molecule has 1 aromatic carbocycles. The van der Waals surface area contributed by atoms with Crippen molar-refractivity contribution in [3.8, 4) is 5.75 Å². The fraction of sp³-hybridized carbons (Fsp3) is 0.227. The van der Waals surface area contributed by atoms with Gasteiger partial charge in [-0.2, -0.15) is 0 Å². The number of methoxy groups -OCH3 is 1. The number of carbonyl (C=O) groups is 2. The second-order valence-corrected chi connectivity index (χ2v) is 9.58. The first-order chi connectivity index (χ1) is 15.0. The Labute approximate surface area is 193 Å². The van der Waals surface area contributed by atoms with E-state index in [1.54, 1.807) is 18.4 Å². The number of benzene rings is 1. The van der Waals surface area contributed by atoms with E-state index in [4.69, 9.17) is 17.0 Å². The molecule has 3 aromatic rings. The molecule has 0 saturated carbocycles. The van der Waals surface area contributed by atoms with E-state index in [0.717, 1.165) is 27.1 Å². The number of thiophene rings is 1. The molecule has 2 amide bonds. The number of nitrogens with one attached hydrogen (secondary N) is 2. The number of thiocarbonyl (C=S) groups is 1. The highest BCUT2D eigenvalue weighted by atomic mass is 32.2. The summed E-state index contributed by atoms with van der Waals surface area (Å²) in [6, 6.07) is 9.78.